The van der Waals surface area contributed by atoms with Gasteiger partial charge in [-0.25, -0.2) is 0 Å². The number of amides is 1. The third-order valence-electron chi connectivity index (χ3n) is 3.76. The molecule has 2 atom stereocenters. The van der Waals surface area contributed by atoms with Crippen LogP contribution in [-0.2, 0) is 16.1 Å². The highest BCUT2D eigenvalue weighted by Gasteiger charge is 2.32. The Hall–Kier alpha value is -1.83. The van der Waals surface area contributed by atoms with Crippen LogP contribution in [0.5, 0.6) is 0 Å². The average molecular weight is 287 g/mol. The first-order valence-electron chi connectivity index (χ1n) is 7.17. The summed E-state index contributed by atoms with van der Waals surface area (Å²) < 4.78 is 5.46. The SMILES string of the molecule is CC1OCCC1C(=O)N(C)Cc1ccc(C#CCO)cc1. The number of carbonyl (C=O) groups is 1. The van der Waals surface area contributed by atoms with Crippen LogP contribution in [0.4, 0.5) is 0 Å². The van der Waals surface area contributed by atoms with Gasteiger partial charge in [0.25, 0.3) is 0 Å². The second kappa shape index (κ2) is 7.26. The van der Waals surface area contributed by atoms with Crippen LogP contribution in [0.3, 0.4) is 0 Å². The maximum absolute atomic E-state index is 12.4. The van der Waals surface area contributed by atoms with E-state index in [1.165, 1.54) is 0 Å². The summed E-state index contributed by atoms with van der Waals surface area (Å²) in [6.45, 7) is 3.07. The molecule has 0 aliphatic carbocycles. The molecule has 1 aliphatic heterocycles. The van der Waals surface area contributed by atoms with Gasteiger partial charge in [0, 0.05) is 25.8 Å². The van der Waals surface area contributed by atoms with Gasteiger partial charge >= 0.3 is 0 Å². The third kappa shape index (κ3) is 4.07. The van der Waals surface area contributed by atoms with Crippen molar-refractivity contribution in [3.8, 4) is 11.8 Å². The van der Waals surface area contributed by atoms with Crippen molar-refractivity contribution in [3.63, 3.8) is 0 Å². The number of rotatable bonds is 3. The maximum Gasteiger partial charge on any atom is 0.228 e. The molecular formula is C17H21NO3. The smallest absolute Gasteiger partial charge is 0.228 e. The summed E-state index contributed by atoms with van der Waals surface area (Å²) in [5.74, 6) is 5.58. The number of benzene rings is 1. The first kappa shape index (κ1) is 15.6. The summed E-state index contributed by atoms with van der Waals surface area (Å²) in [7, 11) is 1.83. The van der Waals surface area contributed by atoms with Crippen molar-refractivity contribution >= 4 is 5.91 Å². The first-order valence-corrected chi connectivity index (χ1v) is 7.17. The quantitative estimate of drug-likeness (QED) is 0.855. The van der Waals surface area contributed by atoms with Crippen molar-refractivity contribution in [3.05, 3.63) is 35.4 Å². The van der Waals surface area contributed by atoms with Gasteiger partial charge in [-0.05, 0) is 31.0 Å². The Balaban J connectivity index is 1.95. The number of ether oxygens (including phenoxy) is 1. The summed E-state index contributed by atoms with van der Waals surface area (Å²) in [6.07, 6.45) is 0.816. The minimum atomic E-state index is -0.138. The Bertz CT molecular complexity index is 541. The highest BCUT2D eigenvalue weighted by molar-refractivity contribution is 5.79. The second-order valence-corrected chi connectivity index (χ2v) is 5.32. The summed E-state index contributed by atoms with van der Waals surface area (Å²) in [5.41, 5.74) is 1.92. The largest absolute Gasteiger partial charge is 0.384 e. The van der Waals surface area contributed by atoms with E-state index in [-0.39, 0.29) is 24.5 Å². The first-order chi connectivity index (χ1) is 10.1. The second-order valence-electron chi connectivity index (χ2n) is 5.32. The molecule has 0 radical (unpaired) electrons. The molecule has 1 N–H and O–H groups in total. The summed E-state index contributed by atoms with van der Waals surface area (Å²) in [4.78, 5) is 14.1. The molecule has 0 saturated carbocycles. The molecule has 1 fully saturated rings. The van der Waals surface area contributed by atoms with E-state index in [0.29, 0.717) is 13.2 Å². The van der Waals surface area contributed by atoms with Crippen molar-refractivity contribution in [1.82, 2.24) is 4.90 Å². The lowest BCUT2D eigenvalue weighted by Gasteiger charge is -2.22. The Morgan fingerprint density at radius 2 is 2.14 bits per heavy atom. The summed E-state index contributed by atoms with van der Waals surface area (Å²) in [6, 6.07) is 7.72. The van der Waals surface area contributed by atoms with Crippen LogP contribution >= 0.6 is 0 Å². The molecule has 0 aromatic heterocycles. The van der Waals surface area contributed by atoms with E-state index in [2.05, 4.69) is 11.8 Å². The lowest BCUT2D eigenvalue weighted by atomic mass is 10.0. The van der Waals surface area contributed by atoms with Gasteiger partial charge in [-0.1, -0.05) is 24.0 Å². The fourth-order valence-corrected chi connectivity index (χ4v) is 2.53. The van der Waals surface area contributed by atoms with Crippen molar-refractivity contribution in [1.29, 1.82) is 0 Å². The molecule has 1 amide bonds. The topological polar surface area (TPSA) is 49.8 Å². The van der Waals surface area contributed by atoms with Crippen molar-refractivity contribution < 1.29 is 14.6 Å². The molecular weight excluding hydrogens is 266 g/mol. The van der Waals surface area contributed by atoms with E-state index in [9.17, 15) is 4.79 Å². The van der Waals surface area contributed by atoms with Gasteiger partial charge in [0.1, 0.15) is 6.61 Å². The van der Waals surface area contributed by atoms with E-state index in [1.54, 1.807) is 4.90 Å². The van der Waals surface area contributed by atoms with Gasteiger partial charge in [-0.15, -0.1) is 0 Å². The predicted octanol–water partition coefficient (Wildman–Crippen LogP) is 1.41. The highest BCUT2D eigenvalue weighted by atomic mass is 16.5. The zero-order chi connectivity index (χ0) is 15.2. The summed E-state index contributed by atoms with van der Waals surface area (Å²) >= 11 is 0. The van der Waals surface area contributed by atoms with Crippen molar-refractivity contribution in [2.24, 2.45) is 5.92 Å². The molecule has 1 aromatic rings. The Labute approximate surface area is 125 Å². The van der Waals surface area contributed by atoms with Gasteiger partial charge in [0.2, 0.25) is 5.91 Å². The fourth-order valence-electron chi connectivity index (χ4n) is 2.53. The fraction of sp³-hybridized carbons (Fsp3) is 0.471. The lowest BCUT2D eigenvalue weighted by Crippen LogP contribution is -2.35. The van der Waals surface area contributed by atoms with Crippen molar-refractivity contribution in [2.45, 2.75) is 26.0 Å². The molecule has 1 heterocycles. The van der Waals surface area contributed by atoms with Crippen LogP contribution in [0.25, 0.3) is 0 Å². The van der Waals surface area contributed by atoms with E-state index < -0.39 is 0 Å². The van der Waals surface area contributed by atoms with Gasteiger partial charge in [0.15, 0.2) is 0 Å². The number of hydrogen-bond acceptors (Lipinski definition) is 3. The Kier molecular flexibility index (Phi) is 5.38. The Morgan fingerprint density at radius 1 is 1.43 bits per heavy atom. The minimum absolute atomic E-state index is 0.0103. The lowest BCUT2D eigenvalue weighted by molar-refractivity contribution is -0.136. The standard InChI is InChI=1S/C17H21NO3/c1-13-16(9-11-21-13)17(20)18(2)12-15-7-5-14(6-8-15)4-3-10-19/h5-8,13,16,19H,9-12H2,1-2H3. The van der Waals surface area contributed by atoms with Crippen LogP contribution in [0.2, 0.25) is 0 Å². The van der Waals surface area contributed by atoms with Crippen LogP contribution in [-0.4, -0.2) is 42.3 Å². The van der Waals surface area contributed by atoms with E-state index >= 15 is 0 Å². The molecule has 112 valence electrons. The van der Waals surface area contributed by atoms with Crippen LogP contribution in [0.15, 0.2) is 24.3 Å². The molecule has 21 heavy (non-hydrogen) atoms. The highest BCUT2D eigenvalue weighted by Crippen LogP contribution is 2.23. The van der Waals surface area contributed by atoms with Gasteiger partial charge in [0.05, 0.1) is 12.0 Å². The number of aliphatic hydroxyl groups is 1. The monoisotopic (exact) mass is 287 g/mol. The van der Waals surface area contributed by atoms with Crippen LogP contribution in [0, 0.1) is 17.8 Å². The Morgan fingerprint density at radius 3 is 2.71 bits per heavy atom. The molecule has 1 saturated heterocycles. The molecule has 2 rings (SSSR count). The van der Waals surface area contributed by atoms with Crippen LogP contribution < -0.4 is 0 Å². The number of carbonyl (C=O) groups excluding carboxylic acids is 1. The van der Waals surface area contributed by atoms with Crippen molar-refractivity contribution in [2.75, 3.05) is 20.3 Å². The zero-order valence-corrected chi connectivity index (χ0v) is 12.5. The maximum atomic E-state index is 12.4. The van der Waals surface area contributed by atoms with Gasteiger partial charge in [-0.2, -0.15) is 0 Å². The third-order valence-corrected chi connectivity index (χ3v) is 3.76. The van der Waals surface area contributed by atoms with Gasteiger partial charge in [-0.3, -0.25) is 4.79 Å². The number of nitrogens with zero attached hydrogens (tertiary/aromatic N) is 1. The minimum Gasteiger partial charge on any atom is -0.384 e. The molecule has 0 spiro atoms. The molecule has 0 bridgehead atoms. The predicted molar refractivity (Wildman–Crippen MR) is 80.4 cm³/mol. The molecule has 1 aliphatic rings. The van der Waals surface area contributed by atoms with E-state index in [0.717, 1.165) is 17.5 Å². The molecule has 2 unspecified atom stereocenters. The van der Waals surface area contributed by atoms with Gasteiger partial charge < -0.3 is 14.7 Å². The zero-order valence-electron chi connectivity index (χ0n) is 12.5. The normalized spacial score (nSPS) is 20.7. The number of hydrogen-bond donors (Lipinski definition) is 1. The van der Waals surface area contributed by atoms with Crippen LogP contribution in [0.1, 0.15) is 24.5 Å². The molecule has 4 nitrogen and oxygen atoms in total. The summed E-state index contributed by atoms with van der Waals surface area (Å²) in [5, 5.41) is 8.66. The van der Waals surface area contributed by atoms with E-state index in [1.807, 2.05) is 38.2 Å². The van der Waals surface area contributed by atoms with E-state index in [4.69, 9.17) is 9.84 Å². The number of aliphatic hydroxyl groups excluding tert-OH is 1. The average Bonchev–Trinajstić information content (AvgIpc) is 2.92. The molecule has 4 heteroatoms. The molecule has 1 aromatic carbocycles.